The summed E-state index contributed by atoms with van der Waals surface area (Å²) in [6, 6.07) is 7.50. The second-order valence-corrected chi connectivity index (χ2v) is 6.46. The number of amides is 1. The van der Waals surface area contributed by atoms with Crippen LogP contribution in [0.4, 0.5) is 5.69 Å². The molecule has 7 nitrogen and oxygen atoms in total. The number of aliphatic hydroxyl groups is 2. The summed E-state index contributed by atoms with van der Waals surface area (Å²) in [5.41, 5.74) is 0.923. The highest BCUT2D eigenvalue weighted by molar-refractivity contribution is 8.16. The van der Waals surface area contributed by atoms with Crippen LogP contribution in [0.3, 0.4) is 0 Å². The summed E-state index contributed by atoms with van der Waals surface area (Å²) < 4.78 is 3.92. The van der Waals surface area contributed by atoms with Crippen molar-refractivity contribution in [2.75, 3.05) is 38.6 Å². The molecule has 1 saturated heterocycles. The van der Waals surface area contributed by atoms with Gasteiger partial charge in [-0.3, -0.25) is 9.69 Å². The van der Waals surface area contributed by atoms with E-state index in [4.69, 9.17) is 4.74 Å². The number of hydrogen-bond acceptors (Lipinski definition) is 7. The summed E-state index contributed by atoms with van der Waals surface area (Å²) >= 11 is 1.13. The predicted molar refractivity (Wildman–Crippen MR) is 84.0 cm³/mol. The first-order chi connectivity index (χ1) is 10.6. The average molecular weight is 323 g/mol. The minimum atomic E-state index is -1.21. The van der Waals surface area contributed by atoms with Gasteiger partial charge in [0.05, 0.1) is 20.3 Å². The molecule has 0 saturated carbocycles. The molecule has 0 spiro atoms. The molecule has 0 atom stereocenters. The van der Waals surface area contributed by atoms with Crippen molar-refractivity contribution < 1.29 is 19.7 Å². The molecule has 1 fully saturated rings. The lowest BCUT2D eigenvalue weighted by Gasteiger charge is -2.32. The van der Waals surface area contributed by atoms with E-state index in [1.54, 1.807) is 7.11 Å². The van der Waals surface area contributed by atoms with Crippen molar-refractivity contribution in [1.82, 2.24) is 4.90 Å². The molecule has 0 unspecified atom stereocenters. The van der Waals surface area contributed by atoms with Gasteiger partial charge in [0, 0.05) is 5.69 Å². The molecule has 0 radical (unpaired) electrons. The van der Waals surface area contributed by atoms with E-state index in [1.165, 1.54) is 4.90 Å². The SMILES string of the molecule is COc1ccc(N2CN=C3SC(CO)(CO)C(=O)N3C2)cc1. The standard InChI is InChI=1S/C14H17N3O4S/c1-21-11-4-2-10(3-5-11)16-8-15-13-17(9-16)12(20)14(6-18,7-19)22-13/h2-5,18-19H,6-9H2,1H3. The van der Waals surface area contributed by atoms with E-state index >= 15 is 0 Å². The monoisotopic (exact) mass is 323 g/mol. The summed E-state index contributed by atoms with van der Waals surface area (Å²) in [6.45, 7) is -0.0553. The molecule has 8 heteroatoms. The van der Waals surface area contributed by atoms with Crippen LogP contribution in [-0.2, 0) is 4.79 Å². The highest BCUT2D eigenvalue weighted by Crippen LogP contribution is 2.39. The van der Waals surface area contributed by atoms with Gasteiger partial charge in [0.15, 0.2) is 5.17 Å². The lowest BCUT2D eigenvalue weighted by molar-refractivity contribution is -0.131. The van der Waals surface area contributed by atoms with Gasteiger partial charge in [0.1, 0.15) is 23.8 Å². The number of aliphatic hydroxyl groups excluding tert-OH is 2. The molecule has 22 heavy (non-hydrogen) atoms. The topological polar surface area (TPSA) is 85.6 Å². The number of carbonyl (C=O) groups excluding carboxylic acids is 1. The first-order valence-corrected chi connectivity index (χ1v) is 7.61. The first-order valence-electron chi connectivity index (χ1n) is 6.80. The predicted octanol–water partition coefficient (Wildman–Crippen LogP) is 0.0850. The Kier molecular flexibility index (Phi) is 3.98. The molecule has 0 aromatic heterocycles. The van der Waals surface area contributed by atoms with Crippen LogP contribution in [0.25, 0.3) is 0 Å². The molecular formula is C14H17N3O4S. The molecule has 0 aliphatic carbocycles. The summed E-state index contributed by atoms with van der Waals surface area (Å²) in [5, 5.41) is 19.5. The number of thioether (sulfide) groups is 1. The van der Waals surface area contributed by atoms with E-state index in [2.05, 4.69) is 4.99 Å². The van der Waals surface area contributed by atoms with Gasteiger partial charge < -0.3 is 19.8 Å². The molecule has 1 amide bonds. The van der Waals surface area contributed by atoms with Crippen molar-refractivity contribution in [3.05, 3.63) is 24.3 Å². The minimum Gasteiger partial charge on any atom is -0.497 e. The minimum absolute atomic E-state index is 0.306. The molecule has 118 valence electrons. The number of fused-ring (bicyclic) bond motifs is 1. The van der Waals surface area contributed by atoms with Gasteiger partial charge in [-0.05, 0) is 24.3 Å². The smallest absolute Gasteiger partial charge is 0.251 e. The Morgan fingerprint density at radius 2 is 2.00 bits per heavy atom. The maximum absolute atomic E-state index is 12.5. The Balaban J connectivity index is 1.81. The van der Waals surface area contributed by atoms with Crippen LogP contribution >= 0.6 is 11.8 Å². The lowest BCUT2D eigenvalue weighted by atomic mass is 10.1. The fourth-order valence-electron chi connectivity index (χ4n) is 2.42. The fraction of sp³-hybridized carbons (Fsp3) is 0.429. The van der Waals surface area contributed by atoms with E-state index in [1.807, 2.05) is 29.2 Å². The number of methoxy groups -OCH3 is 1. The number of amidine groups is 1. The maximum Gasteiger partial charge on any atom is 0.251 e. The number of ether oxygens (including phenoxy) is 1. The molecule has 3 rings (SSSR count). The second kappa shape index (κ2) is 5.79. The zero-order valence-corrected chi connectivity index (χ0v) is 12.9. The van der Waals surface area contributed by atoms with Crippen LogP contribution in [0.2, 0.25) is 0 Å². The number of hydrogen-bond donors (Lipinski definition) is 2. The van der Waals surface area contributed by atoms with Crippen LogP contribution < -0.4 is 9.64 Å². The molecule has 1 aromatic rings. The average Bonchev–Trinajstić information content (AvgIpc) is 2.87. The Hall–Kier alpha value is -1.77. The van der Waals surface area contributed by atoms with Gasteiger partial charge in [-0.2, -0.15) is 0 Å². The van der Waals surface area contributed by atoms with Crippen LogP contribution in [-0.4, -0.2) is 64.6 Å². The molecule has 2 aliphatic heterocycles. The third-order valence-corrected chi connectivity index (χ3v) is 5.15. The van der Waals surface area contributed by atoms with Crippen molar-refractivity contribution in [3.8, 4) is 5.75 Å². The Morgan fingerprint density at radius 1 is 1.32 bits per heavy atom. The summed E-state index contributed by atoms with van der Waals surface area (Å²) in [5.74, 6) is 0.455. The summed E-state index contributed by atoms with van der Waals surface area (Å²) in [7, 11) is 1.61. The number of nitrogens with zero attached hydrogens (tertiary/aromatic N) is 3. The second-order valence-electron chi connectivity index (χ2n) is 5.11. The van der Waals surface area contributed by atoms with E-state index in [0.29, 0.717) is 18.5 Å². The van der Waals surface area contributed by atoms with Gasteiger partial charge in [0.25, 0.3) is 5.91 Å². The van der Waals surface area contributed by atoms with Gasteiger partial charge in [-0.25, -0.2) is 4.99 Å². The number of carbonyl (C=O) groups is 1. The van der Waals surface area contributed by atoms with Crippen molar-refractivity contribution in [1.29, 1.82) is 0 Å². The number of benzene rings is 1. The van der Waals surface area contributed by atoms with Crippen molar-refractivity contribution in [3.63, 3.8) is 0 Å². The third-order valence-electron chi connectivity index (χ3n) is 3.79. The zero-order chi connectivity index (χ0) is 15.7. The van der Waals surface area contributed by atoms with Crippen LogP contribution in [0.15, 0.2) is 29.3 Å². The Labute approximate surface area is 132 Å². The van der Waals surface area contributed by atoms with E-state index in [9.17, 15) is 15.0 Å². The molecular weight excluding hydrogens is 306 g/mol. The van der Waals surface area contributed by atoms with Crippen LogP contribution in [0, 0.1) is 0 Å². The van der Waals surface area contributed by atoms with Gasteiger partial charge in [0.2, 0.25) is 0 Å². The molecule has 2 heterocycles. The molecule has 1 aromatic carbocycles. The maximum atomic E-state index is 12.5. The molecule has 2 aliphatic rings. The van der Waals surface area contributed by atoms with Gasteiger partial charge in [-0.1, -0.05) is 11.8 Å². The zero-order valence-electron chi connectivity index (χ0n) is 12.1. The van der Waals surface area contributed by atoms with Gasteiger partial charge >= 0.3 is 0 Å². The Morgan fingerprint density at radius 3 is 2.59 bits per heavy atom. The van der Waals surface area contributed by atoms with Gasteiger partial charge in [-0.15, -0.1) is 0 Å². The van der Waals surface area contributed by atoms with E-state index < -0.39 is 18.0 Å². The molecule has 2 N–H and O–H groups in total. The largest absolute Gasteiger partial charge is 0.497 e. The first kappa shape index (κ1) is 15.1. The lowest BCUT2D eigenvalue weighted by Crippen LogP contribution is -2.50. The number of anilines is 1. The van der Waals surface area contributed by atoms with Crippen LogP contribution in [0.5, 0.6) is 5.75 Å². The fourth-order valence-corrected chi connectivity index (χ4v) is 3.47. The summed E-state index contributed by atoms with van der Waals surface area (Å²) in [6.07, 6.45) is 0. The normalized spacial score (nSPS) is 20.0. The van der Waals surface area contributed by atoms with Crippen molar-refractivity contribution >= 4 is 28.5 Å². The van der Waals surface area contributed by atoms with Crippen molar-refractivity contribution in [2.45, 2.75) is 4.75 Å². The highest BCUT2D eigenvalue weighted by atomic mass is 32.2. The van der Waals surface area contributed by atoms with E-state index in [-0.39, 0.29) is 5.91 Å². The number of rotatable bonds is 4. The van der Waals surface area contributed by atoms with Crippen molar-refractivity contribution in [2.24, 2.45) is 4.99 Å². The van der Waals surface area contributed by atoms with E-state index in [0.717, 1.165) is 23.2 Å². The highest BCUT2D eigenvalue weighted by Gasteiger charge is 2.52. The number of aliphatic imine (C=N–C) groups is 1. The Bertz CT molecular complexity index is 601. The summed E-state index contributed by atoms with van der Waals surface area (Å²) in [4.78, 5) is 20.3. The van der Waals surface area contributed by atoms with Crippen LogP contribution in [0.1, 0.15) is 0 Å². The quantitative estimate of drug-likeness (QED) is 0.816. The third kappa shape index (κ3) is 2.33. The molecule has 0 bridgehead atoms.